The molecule has 0 unspecified atom stereocenters. The van der Waals surface area contributed by atoms with Crippen LogP contribution in [0.2, 0.25) is 10.0 Å². The number of halogens is 3. The Kier molecular flexibility index (Phi) is 6.60. The van der Waals surface area contributed by atoms with E-state index >= 15 is 0 Å². The zero-order valence-corrected chi connectivity index (χ0v) is 17.2. The molecule has 1 heterocycles. The number of rotatable bonds is 5. The zero-order valence-electron chi connectivity index (χ0n) is 14.9. The summed E-state index contributed by atoms with van der Waals surface area (Å²) in [6.07, 6.45) is 0.738. The normalized spacial score (nSPS) is 16.1. The number of hydrogen-bond acceptors (Lipinski definition) is 3. The highest BCUT2D eigenvalue weighted by Gasteiger charge is 2.31. The van der Waals surface area contributed by atoms with Crippen LogP contribution in [0.25, 0.3) is 0 Å². The second-order valence-electron chi connectivity index (χ2n) is 6.63. The standard InChI is InChI=1S/C19H19Cl2FN2O3S/c20-15-6-5-14(16(21)11-15)12-28(26,27)24-9-7-13(8-10-24)19(25)23-18-4-2-1-3-17(18)22/h1-6,11,13H,7-10,12H2,(H,23,25). The van der Waals surface area contributed by atoms with Crippen LogP contribution in [0, 0.1) is 11.7 Å². The van der Waals surface area contributed by atoms with Crippen LogP contribution < -0.4 is 5.32 Å². The maximum atomic E-state index is 13.7. The van der Waals surface area contributed by atoms with Gasteiger partial charge in [-0.15, -0.1) is 0 Å². The number of amides is 1. The number of benzene rings is 2. The van der Waals surface area contributed by atoms with Gasteiger partial charge in [0.15, 0.2) is 0 Å². The van der Waals surface area contributed by atoms with E-state index in [1.165, 1.54) is 22.5 Å². The molecule has 0 atom stereocenters. The number of carbonyl (C=O) groups excluding carboxylic acids is 1. The summed E-state index contributed by atoms with van der Waals surface area (Å²) in [6.45, 7) is 0.450. The fourth-order valence-electron chi connectivity index (χ4n) is 3.12. The van der Waals surface area contributed by atoms with Gasteiger partial charge in [-0.25, -0.2) is 17.1 Å². The second-order valence-corrected chi connectivity index (χ2v) is 9.45. The first-order valence-corrected chi connectivity index (χ1v) is 11.1. The number of nitrogens with one attached hydrogen (secondary N) is 1. The van der Waals surface area contributed by atoms with Crippen LogP contribution in [0.5, 0.6) is 0 Å². The quantitative estimate of drug-likeness (QED) is 0.746. The van der Waals surface area contributed by atoms with Gasteiger partial charge in [-0.05, 0) is 42.7 Å². The van der Waals surface area contributed by atoms with Gasteiger partial charge in [0.05, 0.1) is 11.4 Å². The van der Waals surface area contributed by atoms with Crippen LogP contribution >= 0.6 is 23.2 Å². The maximum absolute atomic E-state index is 13.7. The molecule has 1 fully saturated rings. The van der Waals surface area contributed by atoms with Crippen molar-refractivity contribution in [3.63, 3.8) is 0 Å². The van der Waals surface area contributed by atoms with Gasteiger partial charge in [0, 0.05) is 29.1 Å². The molecular formula is C19H19Cl2FN2O3S. The molecule has 28 heavy (non-hydrogen) atoms. The largest absolute Gasteiger partial charge is 0.323 e. The first kappa shape index (κ1) is 21.0. The van der Waals surface area contributed by atoms with Crippen molar-refractivity contribution in [2.45, 2.75) is 18.6 Å². The lowest BCUT2D eigenvalue weighted by Gasteiger charge is -2.30. The number of sulfonamides is 1. The third kappa shape index (κ3) is 5.03. The Bertz CT molecular complexity index is 977. The molecular weight excluding hydrogens is 426 g/mol. The van der Waals surface area contributed by atoms with Crippen molar-refractivity contribution < 1.29 is 17.6 Å². The molecule has 0 radical (unpaired) electrons. The fraction of sp³-hybridized carbons (Fsp3) is 0.316. The Labute approximate surface area is 173 Å². The average Bonchev–Trinajstić information content (AvgIpc) is 2.66. The summed E-state index contributed by atoms with van der Waals surface area (Å²) in [7, 11) is -3.57. The molecule has 0 saturated carbocycles. The number of carbonyl (C=O) groups is 1. The highest BCUT2D eigenvalue weighted by molar-refractivity contribution is 7.88. The number of hydrogen-bond donors (Lipinski definition) is 1. The smallest absolute Gasteiger partial charge is 0.227 e. The average molecular weight is 445 g/mol. The van der Waals surface area contributed by atoms with Crippen molar-refractivity contribution in [1.29, 1.82) is 0 Å². The lowest BCUT2D eigenvalue weighted by Crippen LogP contribution is -2.42. The maximum Gasteiger partial charge on any atom is 0.227 e. The molecule has 0 bridgehead atoms. The van der Waals surface area contributed by atoms with Crippen molar-refractivity contribution >= 4 is 44.8 Å². The van der Waals surface area contributed by atoms with Gasteiger partial charge in [-0.2, -0.15) is 0 Å². The van der Waals surface area contributed by atoms with Crippen LogP contribution in [0.1, 0.15) is 18.4 Å². The van der Waals surface area contributed by atoms with E-state index in [2.05, 4.69) is 5.32 Å². The Morgan fingerprint density at radius 3 is 2.46 bits per heavy atom. The molecule has 150 valence electrons. The van der Waals surface area contributed by atoms with E-state index in [0.717, 1.165) is 0 Å². The van der Waals surface area contributed by atoms with Gasteiger partial charge in [0.1, 0.15) is 5.82 Å². The molecule has 1 aliphatic rings. The van der Waals surface area contributed by atoms with Crippen molar-refractivity contribution in [3.8, 4) is 0 Å². The lowest BCUT2D eigenvalue weighted by atomic mass is 9.97. The van der Waals surface area contributed by atoms with Gasteiger partial charge in [-0.3, -0.25) is 4.79 Å². The summed E-state index contributed by atoms with van der Waals surface area (Å²) in [6, 6.07) is 10.6. The van der Waals surface area contributed by atoms with E-state index in [0.29, 0.717) is 28.5 Å². The van der Waals surface area contributed by atoms with E-state index in [9.17, 15) is 17.6 Å². The predicted octanol–water partition coefficient (Wildman–Crippen LogP) is 4.31. The van der Waals surface area contributed by atoms with Crippen LogP contribution in [0.15, 0.2) is 42.5 Å². The van der Waals surface area contributed by atoms with Crippen LogP contribution in [0.4, 0.5) is 10.1 Å². The Hall–Kier alpha value is -1.67. The fourth-order valence-corrected chi connectivity index (χ4v) is 5.27. The van der Waals surface area contributed by atoms with Gasteiger partial charge >= 0.3 is 0 Å². The minimum Gasteiger partial charge on any atom is -0.323 e. The highest BCUT2D eigenvalue weighted by Crippen LogP contribution is 2.27. The predicted molar refractivity (Wildman–Crippen MR) is 108 cm³/mol. The summed E-state index contributed by atoms with van der Waals surface area (Å²) in [5.41, 5.74) is 0.602. The number of anilines is 1. The minimum absolute atomic E-state index is 0.125. The molecule has 0 spiro atoms. The van der Waals surface area contributed by atoms with E-state index < -0.39 is 15.8 Å². The third-order valence-corrected chi connectivity index (χ3v) is 7.12. The topological polar surface area (TPSA) is 66.5 Å². The van der Waals surface area contributed by atoms with Crippen LogP contribution in [-0.4, -0.2) is 31.7 Å². The van der Waals surface area contributed by atoms with Crippen LogP contribution in [-0.2, 0) is 20.6 Å². The second kappa shape index (κ2) is 8.78. The first-order valence-electron chi connectivity index (χ1n) is 8.73. The minimum atomic E-state index is -3.57. The van der Waals surface area contributed by atoms with E-state index in [1.54, 1.807) is 24.3 Å². The third-order valence-electron chi connectivity index (χ3n) is 4.70. The number of nitrogens with zero attached hydrogens (tertiary/aromatic N) is 1. The molecule has 5 nitrogen and oxygen atoms in total. The molecule has 2 aromatic rings. The molecule has 0 aromatic heterocycles. The van der Waals surface area contributed by atoms with Crippen molar-refractivity contribution in [2.24, 2.45) is 5.92 Å². The molecule has 2 aromatic carbocycles. The Balaban J connectivity index is 1.59. The summed E-state index contributed by atoms with van der Waals surface area (Å²) in [4.78, 5) is 12.4. The molecule has 0 aliphatic carbocycles. The molecule has 3 rings (SSSR count). The number of para-hydroxylation sites is 1. The summed E-state index contributed by atoms with van der Waals surface area (Å²) >= 11 is 11.9. The summed E-state index contributed by atoms with van der Waals surface area (Å²) < 4.78 is 40.4. The van der Waals surface area contributed by atoms with Gasteiger partial charge in [-0.1, -0.05) is 41.4 Å². The van der Waals surface area contributed by atoms with Crippen molar-refractivity contribution in [3.05, 3.63) is 63.9 Å². The van der Waals surface area contributed by atoms with Gasteiger partial charge in [0.2, 0.25) is 15.9 Å². The molecule has 1 saturated heterocycles. The van der Waals surface area contributed by atoms with E-state index in [1.807, 2.05) is 0 Å². The monoisotopic (exact) mass is 444 g/mol. The molecule has 1 aliphatic heterocycles. The first-order chi connectivity index (χ1) is 13.3. The Morgan fingerprint density at radius 1 is 1.14 bits per heavy atom. The van der Waals surface area contributed by atoms with Gasteiger partial charge < -0.3 is 5.32 Å². The lowest BCUT2D eigenvalue weighted by molar-refractivity contribution is -0.120. The van der Waals surface area contributed by atoms with E-state index in [4.69, 9.17) is 23.2 Å². The molecule has 1 N–H and O–H groups in total. The molecule has 9 heteroatoms. The van der Waals surface area contributed by atoms with Crippen LogP contribution in [0.3, 0.4) is 0 Å². The molecule has 1 amide bonds. The highest BCUT2D eigenvalue weighted by atomic mass is 35.5. The SMILES string of the molecule is O=C(Nc1ccccc1F)C1CCN(S(=O)(=O)Cc2ccc(Cl)cc2Cl)CC1. The number of piperidine rings is 1. The van der Waals surface area contributed by atoms with E-state index in [-0.39, 0.29) is 36.4 Å². The van der Waals surface area contributed by atoms with Crippen molar-refractivity contribution in [1.82, 2.24) is 4.31 Å². The van der Waals surface area contributed by atoms with Crippen molar-refractivity contribution in [2.75, 3.05) is 18.4 Å². The summed E-state index contributed by atoms with van der Waals surface area (Å²) in [5, 5.41) is 3.31. The van der Waals surface area contributed by atoms with Gasteiger partial charge in [0.25, 0.3) is 0 Å². The summed E-state index contributed by atoms with van der Waals surface area (Å²) in [5.74, 6) is -1.40. The Morgan fingerprint density at radius 2 is 1.82 bits per heavy atom. The zero-order chi connectivity index (χ0) is 20.3.